The molecule has 0 amide bonds. The van der Waals surface area contributed by atoms with Gasteiger partial charge in [0.15, 0.2) is 5.75 Å². The average Bonchev–Trinajstić information content (AvgIpc) is 2.40. The van der Waals surface area contributed by atoms with E-state index in [4.69, 9.17) is 4.74 Å². The van der Waals surface area contributed by atoms with Crippen LogP contribution in [-0.2, 0) is 0 Å². The molecule has 1 fully saturated rings. The molecule has 1 aliphatic heterocycles. The Kier molecular flexibility index (Phi) is 4.21. The highest BCUT2D eigenvalue weighted by Gasteiger charge is 2.20. The molecule has 0 unspecified atom stereocenters. The maximum absolute atomic E-state index is 11.1. The van der Waals surface area contributed by atoms with Gasteiger partial charge in [0.1, 0.15) is 0 Å². The Morgan fingerprint density at radius 2 is 2.00 bits per heavy atom. The van der Waals surface area contributed by atoms with Crippen LogP contribution in [0.15, 0.2) is 18.2 Å². The minimum absolute atomic E-state index is 0.0401. The molecule has 1 aliphatic rings. The Bertz CT molecular complexity index is 456. The third-order valence-electron chi connectivity index (χ3n) is 3.31. The van der Waals surface area contributed by atoms with Crippen molar-refractivity contribution < 1.29 is 9.66 Å². The van der Waals surface area contributed by atoms with Gasteiger partial charge in [0, 0.05) is 37.9 Å². The van der Waals surface area contributed by atoms with Gasteiger partial charge in [-0.1, -0.05) is 0 Å². The molecule has 0 aromatic heterocycles. The highest BCUT2D eigenvalue weighted by atomic mass is 16.6. The smallest absolute Gasteiger partial charge is 0.312 e. The lowest BCUT2D eigenvalue weighted by Gasteiger charge is -2.34. The molecule has 6 nitrogen and oxygen atoms in total. The lowest BCUT2D eigenvalue weighted by Crippen LogP contribution is -2.44. The van der Waals surface area contributed by atoms with E-state index in [9.17, 15) is 10.1 Å². The second kappa shape index (κ2) is 5.88. The number of nitro groups is 1. The van der Waals surface area contributed by atoms with Crippen molar-refractivity contribution in [2.45, 2.75) is 6.92 Å². The zero-order valence-electron chi connectivity index (χ0n) is 11.3. The van der Waals surface area contributed by atoms with Gasteiger partial charge in [-0.25, -0.2) is 0 Å². The number of rotatable bonds is 4. The summed E-state index contributed by atoms with van der Waals surface area (Å²) in [6.45, 7) is 5.97. The molecule has 0 N–H and O–H groups in total. The van der Waals surface area contributed by atoms with E-state index in [2.05, 4.69) is 16.8 Å². The minimum atomic E-state index is -0.384. The van der Waals surface area contributed by atoms with Gasteiger partial charge >= 0.3 is 5.69 Å². The summed E-state index contributed by atoms with van der Waals surface area (Å²) in [5.41, 5.74) is 0.932. The molecule has 0 aliphatic carbocycles. The van der Waals surface area contributed by atoms with Gasteiger partial charge in [-0.2, -0.15) is 0 Å². The summed E-state index contributed by atoms with van der Waals surface area (Å²) in [7, 11) is 2.08. The average molecular weight is 265 g/mol. The van der Waals surface area contributed by atoms with Crippen LogP contribution in [-0.4, -0.2) is 49.7 Å². The molecule has 0 atom stereocenters. The fraction of sp³-hybridized carbons (Fsp3) is 0.538. The number of nitro benzene ring substituents is 1. The first-order valence-corrected chi connectivity index (χ1v) is 6.46. The van der Waals surface area contributed by atoms with Crippen molar-refractivity contribution in [3.05, 3.63) is 28.3 Å². The fourth-order valence-electron chi connectivity index (χ4n) is 2.19. The number of ether oxygens (including phenoxy) is 1. The molecular weight excluding hydrogens is 246 g/mol. The van der Waals surface area contributed by atoms with Crippen molar-refractivity contribution in [2.75, 3.05) is 44.7 Å². The number of benzene rings is 1. The summed E-state index contributed by atoms with van der Waals surface area (Å²) in [6, 6.07) is 5.19. The monoisotopic (exact) mass is 265 g/mol. The molecule has 1 aromatic rings. The summed E-state index contributed by atoms with van der Waals surface area (Å²) in [6.07, 6.45) is 0. The number of hydrogen-bond acceptors (Lipinski definition) is 5. The first-order chi connectivity index (χ1) is 9.11. The van der Waals surface area contributed by atoms with Crippen molar-refractivity contribution in [3.63, 3.8) is 0 Å². The first kappa shape index (κ1) is 13.6. The Morgan fingerprint density at radius 3 is 2.58 bits per heavy atom. The maximum atomic E-state index is 11.1. The van der Waals surface area contributed by atoms with E-state index in [1.54, 1.807) is 12.1 Å². The molecule has 1 aromatic carbocycles. The molecule has 1 heterocycles. The Hall–Kier alpha value is -1.82. The van der Waals surface area contributed by atoms with Crippen LogP contribution in [0.5, 0.6) is 5.75 Å². The zero-order valence-corrected chi connectivity index (χ0v) is 11.3. The Morgan fingerprint density at radius 1 is 1.32 bits per heavy atom. The van der Waals surface area contributed by atoms with Gasteiger partial charge in [-0.3, -0.25) is 10.1 Å². The van der Waals surface area contributed by atoms with Gasteiger partial charge < -0.3 is 14.5 Å². The predicted molar refractivity (Wildman–Crippen MR) is 74.0 cm³/mol. The second-order valence-corrected chi connectivity index (χ2v) is 4.63. The lowest BCUT2D eigenvalue weighted by molar-refractivity contribution is -0.385. The van der Waals surface area contributed by atoms with Gasteiger partial charge in [-0.15, -0.1) is 0 Å². The predicted octanol–water partition coefficient (Wildman–Crippen LogP) is 1.75. The second-order valence-electron chi connectivity index (χ2n) is 4.63. The van der Waals surface area contributed by atoms with Crippen LogP contribution >= 0.6 is 0 Å². The van der Waals surface area contributed by atoms with Gasteiger partial charge in [0.25, 0.3) is 0 Å². The number of anilines is 1. The van der Waals surface area contributed by atoms with Crippen molar-refractivity contribution >= 4 is 11.4 Å². The molecule has 19 heavy (non-hydrogen) atoms. The van der Waals surface area contributed by atoms with E-state index in [-0.39, 0.29) is 10.6 Å². The SMILES string of the molecule is CCOc1ccc(N2CCN(C)CC2)cc1[N+](=O)[O-]. The van der Waals surface area contributed by atoms with Crippen LogP contribution in [0, 0.1) is 10.1 Å². The van der Waals surface area contributed by atoms with Crippen molar-refractivity contribution in [3.8, 4) is 5.75 Å². The minimum Gasteiger partial charge on any atom is -0.487 e. The number of piperazine rings is 1. The molecule has 0 bridgehead atoms. The first-order valence-electron chi connectivity index (χ1n) is 6.46. The third-order valence-corrected chi connectivity index (χ3v) is 3.31. The molecule has 6 heteroatoms. The van der Waals surface area contributed by atoms with Gasteiger partial charge in [0.2, 0.25) is 0 Å². The largest absolute Gasteiger partial charge is 0.487 e. The van der Waals surface area contributed by atoms with E-state index >= 15 is 0 Å². The van der Waals surface area contributed by atoms with Crippen LogP contribution in [0.1, 0.15) is 6.92 Å². The normalized spacial score (nSPS) is 16.4. The highest BCUT2D eigenvalue weighted by molar-refractivity contribution is 5.60. The van der Waals surface area contributed by atoms with E-state index in [1.165, 1.54) is 0 Å². The quantitative estimate of drug-likeness (QED) is 0.613. The molecule has 0 spiro atoms. The molecular formula is C13H19N3O3. The summed E-state index contributed by atoms with van der Waals surface area (Å²) in [5, 5.41) is 11.1. The van der Waals surface area contributed by atoms with E-state index < -0.39 is 0 Å². The van der Waals surface area contributed by atoms with Gasteiger partial charge in [0.05, 0.1) is 11.5 Å². The molecule has 0 radical (unpaired) electrons. The summed E-state index contributed by atoms with van der Waals surface area (Å²) in [5.74, 6) is 0.338. The molecule has 1 saturated heterocycles. The van der Waals surface area contributed by atoms with Crippen molar-refractivity contribution in [1.29, 1.82) is 0 Å². The molecule has 2 rings (SSSR count). The van der Waals surface area contributed by atoms with E-state index in [0.717, 1.165) is 31.9 Å². The number of likely N-dealkylation sites (N-methyl/N-ethyl adjacent to an activating group) is 1. The number of nitrogens with zero attached hydrogens (tertiary/aromatic N) is 3. The highest BCUT2D eigenvalue weighted by Crippen LogP contribution is 2.31. The van der Waals surface area contributed by atoms with Crippen LogP contribution < -0.4 is 9.64 Å². The number of hydrogen-bond donors (Lipinski definition) is 0. The zero-order chi connectivity index (χ0) is 13.8. The van der Waals surface area contributed by atoms with Crippen LogP contribution in [0.4, 0.5) is 11.4 Å². The van der Waals surface area contributed by atoms with Crippen molar-refractivity contribution in [2.24, 2.45) is 0 Å². The maximum Gasteiger partial charge on any atom is 0.312 e. The summed E-state index contributed by atoms with van der Waals surface area (Å²) < 4.78 is 5.29. The van der Waals surface area contributed by atoms with Crippen LogP contribution in [0.25, 0.3) is 0 Å². The third kappa shape index (κ3) is 3.14. The Labute approximate surface area is 112 Å². The topological polar surface area (TPSA) is 58.8 Å². The van der Waals surface area contributed by atoms with Gasteiger partial charge in [-0.05, 0) is 26.1 Å². The van der Waals surface area contributed by atoms with E-state index in [1.807, 2.05) is 13.0 Å². The summed E-state index contributed by atoms with van der Waals surface area (Å²) >= 11 is 0. The fourth-order valence-corrected chi connectivity index (χ4v) is 2.19. The van der Waals surface area contributed by atoms with Crippen LogP contribution in [0.2, 0.25) is 0 Å². The van der Waals surface area contributed by atoms with Crippen LogP contribution in [0.3, 0.4) is 0 Å². The van der Waals surface area contributed by atoms with Crippen molar-refractivity contribution in [1.82, 2.24) is 4.90 Å². The standard InChI is InChI=1S/C13H19N3O3/c1-3-19-13-5-4-11(10-12(13)16(17)18)15-8-6-14(2)7-9-15/h4-5,10H,3,6-9H2,1-2H3. The molecule has 0 saturated carbocycles. The van der Waals surface area contributed by atoms with E-state index in [0.29, 0.717) is 12.4 Å². The lowest BCUT2D eigenvalue weighted by atomic mass is 10.2. The Balaban J connectivity index is 2.22. The molecule has 104 valence electrons. The summed E-state index contributed by atoms with van der Waals surface area (Å²) in [4.78, 5) is 15.1.